The fourth-order valence-corrected chi connectivity index (χ4v) is 4.67. The number of halogens is 1. The summed E-state index contributed by atoms with van der Waals surface area (Å²) in [5.41, 5.74) is 1.24. The summed E-state index contributed by atoms with van der Waals surface area (Å²) in [6, 6.07) is 25.5. The minimum absolute atomic E-state index is 0.0186. The Morgan fingerprint density at radius 3 is 2.00 bits per heavy atom. The van der Waals surface area contributed by atoms with Crippen molar-refractivity contribution in [3.63, 3.8) is 0 Å². The van der Waals surface area contributed by atoms with Crippen LogP contribution in [0.2, 0.25) is 0 Å². The molecule has 1 atom stereocenters. The van der Waals surface area contributed by atoms with Gasteiger partial charge in [0.2, 0.25) is 0 Å². The summed E-state index contributed by atoms with van der Waals surface area (Å²) in [4.78, 5) is 40.1. The molecule has 0 radical (unpaired) electrons. The highest BCUT2D eigenvalue weighted by Crippen LogP contribution is 2.45. The van der Waals surface area contributed by atoms with Gasteiger partial charge in [0.25, 0.3) is 0 Å². The second-order valence-corrected chi connectivity index (χ2v) is 8.79. The van der Waals surface area contributed by atoms with E-state index in [1.54, 1.807) is 25.1 Å². The van der Waals surface area contributed by atoms with Crippen molar-refractivity contribution in [3.05, 3.63) is 124 Å². The number of rotatable bonds is 8. The molecule has 0 amide bonds. The van der Waals surface area contributed by atoms with Gasteiger partial charge in [-0.15, -0.1) is 0 Å². The van der Waals surface area contributed by atoms with Gasteiger partial charge in [-0.25, -0.2) is 9.59 Å². The Morgan fingerprint density at radius 1 is 0.833 bits per heavy atom. The van der Waals surface area contributed by atoms with E-state index >= 15 is 0 Å². The summed E-state index contributed by atoms with van der Waals surface area (Å²) in [5.74, 6) is -2.01. The maximum Gasteiger partial charge on any atom is 0.336 e. The number of hydrogen-bond donors (Lipinski definition) is 0. The van der Waals surface area contributed by atoms with Crippen LogP contribution in [0.1, 0.15) is 35.6 Å². The number of allylic oxidation sites excluding steroid dienone is 1. The first-order valence-corrected chi connectivity index (χ1v) is 12.0. The molecule has 36 heavy (non-hydrogen) atoms. The molecule has 0 fully saturated rings. The second-order valence-electron chi connectivity index (χ2n) is 8.38. The van der Waals surface area contributed by atoms with Crippen LogP contribution in [-0.4, -0.2) is 17.7 Å². The van der Waals surface area contributed by atoms with Crippen LogP contribution in [0.25, 0.3) is 6.08 Å². The third kappa shape index (κ3) is 5.16. The van der Waals surface area contributed by atoms with E-state index < -0.39 is 23.1 Å². The second kappa shape index (κ2) is 11.2. The van der Waals surface area contributed by atoms with E-state index in [4.69, 9.17) is 21.1 Å². The van der Waals surface area contributed by atoms with Crippen molar-refractivity contribution in [1.82, 2.24) is 0 Å². The first-order chi connectivity index (χ1) is 17.5. The number of fused-ring (bicyclic) bond motifs is 1. The number of hydrogen-bond acceptors (Lipinski definition) is 5. The average molecular weight is 501 g/mol. The first kappa shape index (κ1) is 25.1. The Morgan fingerprint density at radius 2 is 1.39 bits per heavy atom. The number of carbonyl (C=O) groups is 3. The average Bonchev–Trinajstić information content (AvgIpc) is 2.92. The fourth-order valence-electron chi connectivity index (χ4n) is 4.39. The molecule has 0 bridgehead atoms. The highest BCUT2D eigenvalue weighted by molar-refractivity contribution is 6.47. The summed E-state index contributed by atoms with van der Waals surface area (Å²) in [6.45, 7) is 1.78. The summed E-state index contributed by atoms with van der Waals surface area (Å²) in [6.07, 6.45) is 2.84. The monoisotopic (exact) mass is 500 g/mol. The SMILES string of the molecule is CC[C@]1(/C(=C/C(=O)OCc2ccccc2)C(=O)OCc2ccccc2)C(=O)C(Cl)=Cc2ccccc21. The minimum atomic E-state index is -1.50. The molecule has 0 heterocycles. The number of benzene rings is 3. The zero-order valence-corrected chi connectivity index (χ0v) is 20.5. The molecule has 3 aromatic rings. The van der Waals surface area contributed by atoms with E-state index in [0.717, 1.165) is 17.2 Å². The van der Waals surface area contributed by atoms with Crippen LogP contribution in [0.4, 0.5) is 0 Å². The van der Waals surface area contributed by atoms with E-state index in [-0.39, 0.29) is 30.2 Å². The van der Waals surface area contributed by atoms with Gasteiger partial charge < -0.3 is 9.47 Å². The van der Waals surface area contributed by atoms with Gasteiger partial charge >= 0.3 is 11.9 Å². The molecule has 0 unspecified atom stereocenters. The van der Waals surface area contributed by atoms with Crippen molar-refractivity contribution >= 4 is 35.4 Å². The molecule has 3 aromatic carbocycles. The van der Waals surface area contributed by atoms with Crippen molar-refractivity contribution in [2.45, 2.75) is 32.0 Å². The molecule has 1 aliphatic carbocycles. The molecular weight excluding hydrogens is 476 g/mol. The lowest BCUT2D eigenvalue weighted by atomic mass is 9.65. The Balaban J connectivity index is 1.74. The maximum atomic E-state index is 13.6. The number of carbonyl (C=O) groups excluding carboxylic acids is 3. The van der Waals surface area contributed by atoms with Gasteiger partial charge in [-0.1, -0.05) is 103 Å². The van der Waals surface area contributed by atoms with E-state index in [1.165, 1.54) is 0 Å². The van der Waals surface area contributed by atoms with Crippen molar-refractivity contribution < 1.29 is 23.9 Å². The van der Waals surface area contributed by atoms with E-state index in [0.29, 0.717) is 11.1 Å². The van der Waals surface area contributed by atoms with Gasteiger partial charge in [0.15, 0.2) is 5.78 Å². The minimum Gasteiger partial charge on any atom is -0.458 e. The molecule has 0 N–H and O–H groups in total. The number of Topliss-reactive ketones (excluding diaryl/α,β-unsaturated/α-hetero) is 1. The largest absolute Gasteiger partial charge is 0.458 e. The van der Waals surface area contributed by atoms with Gasteiger partial charge in [0, 0.05) is 6.08 Å². The Labute approximate surface area is 215 Å². The number of ether oxygens (including phenoxy) is 2. The molecule has 0 saturated heterocycles. The van der Waals surface area contributed by atoms with Crippen molar-refractivity contribution in [3.8, 4) is 0 Å². The van der Waals surface area contributed by atoms with Gasteiger partial charge in [0.05, 0.1) is 16.0 Å². The lowest BCUT2D eigenvalue weighted by Gasteiger charge is -2.36. The zero-order chi connectivity index (χ0) is 25.5. The number of ketones is 1. The predicted octanol–water partition coefficient (Wildman–Crippen LogP) is 5.91. The summed E-state index contributed by atoms with van der Waals surface area (Å²) in [5, 5.41) is -0.0186. The molecule has 5 nitrogen and oxygen atoms in total. The van der Waals surface area contributed by atoms with Crippen LogP contribution < -0.4 is 0 Å². The summed E-state index contributed by atoms with van der Waals surface area (Å²) >= 11 is 6.37. The first-order valence-electron chi connectivity index (χ1n) is 11.6. The maximum absolute atomic E-state index is 13.6. The molecule has 0 saturated carbocycles. The normalized spacial score (nSPS) is 17.1. The molecule has 182 valence electrons. The van der Waals surface area contributed by atoms with E-state index in [1.807, 2.05) is 72.8 Å². The van der Waals surface area contributed by atoms with Crippen LogP contribution in [0, 0.1) is 0 Å². The smallest absolute Gasteiger partial charge is 0.336 e. The summed E-state index contributed by atoms with van der Waals surface area (Å²) in [7, 11) is 0. The van der Waals surface area contributed by atoms with Crippen LogP contribution in [0.15, 0.2) is 102 Å². The lowest BCUT2D eigenvalue weighted by molar-refractivity contribution is -0.144. The standard InChI is InChI=1S/C30H25ClO5/c1-2-30(24-16-10-9-15-23(24)17-26(31)28(30)33)25(29(34)36-20-22-13-7-4-8-14-22)18-27(32)35-19-21-11-5-3-6-12-21/h3-18H,2,19-20H2,1H3/b25-18+/t30-/m0/s1. The molecular formula is C30H25ClO5. The Kier molecular flexibility index (Phi) is 7.81. The molecule has 1 aliphatic rings. The van der Waals surface area contributed by atoms with Gasteiger partial charge in [0.1, 0.15) is 13.2 Å². The quantitative estimate of drug-likeness (QED) is 0.284. The lowest BCUT2D eigenvalue weighted by Crippen LogP contribution is -2.43. The van der Waals surface area contributed by atoms with Gasteiger partial charge in [-0.3, -0.25) is 4.79 Å². The van der Waals surface area contributed by atoms with Crippen LogP contribution in [0.5, 0.6) is 0 Å². The third-order valence-corrected chi connectivity index (χ3v) is 6.50. The molecule has 4 rings (SSSR count). The highest BCUT2D eigenvalue weighted by atomic mass is 35.5. The van der Waals surface area contributed by atoms with Gasteiger partial charge in [-0.05, 0) is 34.8 Å². The third-order valence-electron chi connectivity index (χ3n) is 6.22. The number of esters is 2. The molecule has 0 aliphatic heterocycles. The Bertz CT molecular complexity index is 1330. The van der Waals surface area contributed by atoms with Gasteiger partial charge in [-0.2, -0.15) is 0 Å². The van der Waals surface area contributed by atoms with Crippen molar-refractivity contribution in [2.24, 2.45) is 0 Å². The molecule has 0 aromatic heterocycles. The highest BCUT2D eigenvalue weighted by Gasteiger charge is 2.49. The van der Waals surface area contributed by atoms with Crippen molar-refractivity contribution in [1.29, 1.82) is 0 Å². The van der Waals surface area contributed by atoms with E-state index in [9.17, 15) is 14.4 Å². The molecule has 0 spiro atoms. The van der Waals surface area contributed by atoms with Crippen molar-refractivity contribution in [2.75, 3.05) is 0 Å². The molecule has 6 heteroatoms. The fraction of sp³-hybridized carbons (Fsp3) is 0.167. The van der Waals surface area contributed by atoms with Crippen LogP contribution >= 0.6 is 11.6 Å². The topological polar surface area (TPSA) is 69.7 Å². The van der Waals surface area contributed by atoms with E-state index in [2.05, 4.69) is 0 Å². The Hall–Kier alpha value is -3.96. The zero-order valence-electron chi connectivity index (χ0n) is 19.8. The summed E-state index contributed by atoms with van der Waals surface area (Å²) < 4.78 is 11.0. The van der Waals surface area contributed by atoms with Crippen LogP contribution in [0.3, 0.4) is 0 Å². The van der Waals surface area contributed by atoms with Crippen LogP contribution in [-0.2, 0) is 42.5 Å². The predicted molar refractivity (Wildman–Crippen MR) is 138 cm³/mol.